The molecule has 1 aromatic rings. The van der Waals surface area contributed by atoms with Crippen LogP contribution in [0.1, 0.15) is 6.92 Å². The molecular formula is C8H6N4O7. The Bertz CT molecular complexity index is 562. The lowest BCUT2D eigenvalue weighted by Gasteiger charge is -2.02. The smallest absolute Gasteiger partial charge is 0.326 e. The minimum Gasteiger partial charge on any atom is -0.326 e. The van der Waals surface area contributed by atoms with Crippen molar-refractivity contribution in [2.45, 2.75) is 6.92 Å². The maximum Gasteiger partial charge on any atom is 0.422 e. The standard InChI is InChI=1S/C8H6N4O7/c1-4(13)9-5-2-6(10(14)15)8(12(18)19)7(3-5)11(16)17/h2-3H,1H3,(H,9,13). The van der Waals surface area contributed by atoms with E-state index < -0.39 is 37.7 Å². The summed E-state index contributed by atoms with van der Waals surface area (Å²) in [5.74, 6) is -0.627. The molecule has 1 N–H and O–H groups in total. The van der Waals surface area contributed by atoms with Gasteiger partial charge in [0.15, 0.2) is 0 Å². The second-order valence-electron chi connectivity index (χ2n) is 3.32. The van der Waals surface area contributed by atoms with Gasteiger partial charge in [-0.2, -0.15) is 0 Å². The molecule has 0 saturated heterocycles. The Kier molecular flexibility index (Phi) is 3.70. The third-order valence-electron chi connectivity index (χ3n) is 1.97. The summed E-state index contributed by atoms with van der Waals surface area (Å²) in [6, 6.07) is 1.37. The Balaban J connectivity index is 3.62. The van der Waals surface area contributed by atoms with Crippen molar-refractivity contribution in [3.63, 3.8) is 0 Å². The first kappa shape index (κ1) is 14.0. The van der Waals surface area contributed by atoms with Crippen molar-refractivity contribution in [1.82, 2.24) is 0 Å². The highest BCUT2D eigenvalue weighted by Crippen LogP contribution is 2.38. The first-order valence-electron chi connectivity index (χ1n) is 4.63. The molecular weight excluding hydrogens is 264 g/mol. The highest BCUT2D eigenvalue weighted by molar-refractivity contribution is 5.90. The van der Waals surface area contributed by atoms with Crippen molar-refractivity contribution >= 4 is 28.7 Å². The van der Waals surface area contributed by atoms with Crippen LogP contribution in [0.15, 0.2) is 12.1 Å². The third kappa shape index (κ3) is 2.96. The Hall–Kier alpha value is -3.11. The van der Waals surface area contributed by atoms with Gasteiger partial charge in [0.1, 0.15) is 0 Å². The third-order valence-corrected chi connectivity index (χ3v) is 1.97. The molecule has 0 spiro atoms. The van der Waals surface area contributed by atoms with E-state index in [0.29, 0.717) is 12.1 Å². The van der Waals surface area contributed by atoms with Crippen LogP contribution in [-0.4, -0.2) is 20.7 Å². The molecule has 0 unspecified atom stereocenters. The fourth-order valence-electron chi connectivity index (χ4n) is 1.35. The minimum absolute atomic E-state index is 0.267. The number of rotatable bonds is 4. The summed E-state index contributed by atoms with van der Waals surface area (Å²) in [6.07, 6.45) is 0. The molecule has 11 nitrogen and oxygen atoms in total. The van der Waals surface area contributed by atoms with E-state index in [1.54, 1.807) is 0 Å². The summed E-state index contributed by atoms with van der Waals surface area (Å²) in [4.78, 5) is 39.4. The quantitative estimate of drug-likeness (QED) is 0.638. The van der Waals surface area contributed by atoms with Gasteiger partial charge in [-0.15, -0.1) is 0 Å². The van der Waals surface area contributed by atoms with Gasteiger partial charge in [-0.1, -0.05) is 0 Å². The van der Waals surface area contributed by atoms with E-state index in [1.807, 2.05) is 0 Å². The van der Waals surface area contributed by atoms with E-state index in [0.717, 1.165) is 6.92 Å². The van der Waals surface area contributed by atoms with Crippen molar-refractivity contribution in [3.8, 4) is 0 Å². The van der Waals surface area contributed by atoms with Gasteiger partial charge in [0.25, 0.3) is 0 Å². The lowest BCUT2D eigenvalue weighted by Crippen LogP contribution is -2.08. The number of benzene rings is 1. The van der Waals surface area contributed by atoms with Crippen LogP contribution in [0.2, 0.25) is 0 Å². The van der Waals surface area contributed by atoms with Gasteiger partial charge in [-0.3, -0.25) is 35.1 Å². The molecule has 0 aliphatic carbocycles. The molecule has 1 rings (SSSR count). The van der Waals surface area contributed by atoms with Crippen LogP contribution in [0.25, 0.3) is 0 Å². The molecule has 0 aliphatic rings. The Morgan fingerprint density at radius 2 is 1.42 bits per heavy atom. The van der Waals surface area contributed by atoms with Crippen molar-refractivity contribution in [2.24, 2.45) is 0 Å². The van der Waals surface area contributed by atoms with Crippen LogP contribution < -0.4 is 5.32 Å². The maximum atomic E-state index is 10.8. The molecule has 19 heavy (non-hydrogen) atoms. The molecule has 0 bridgehead atoms. The number of nitrogens with one attached hydrogen (secondary N) is 1. The zero-order valence-corrected chi connectivity index (χ0v) is 9.35. The van der Waals surface area contributed by atoms with Gasteiger partial charge in [-0.25, -0.2) is 0 Å². The lowest BCUT2D eigenvalue weighted by atomic mass is 10.2. The molecule has 1 aromatic carbocycles. The van der Waals surface area contributed by atoms with E-state index in [-0.39, 0.29) is 5.69 Å². The number of amides is 1. The van der Waals surface area contributed by atoms with Gasteiger partial charge in [0.2, 0.25) is 5.91 Å². The summed E-state index contributed by atoms with van der Waals surface area (Å²) in [6.45, 7) is 1.08. The number of nitrogens with zero attached hydrogens (tertiary/aromatic N) is 3. The van der Waals surface area contributed by atoms with E-state index >= 15 is 0 Å². The molecule has 0 radical (unpaired) electrons. The van der Waals surface area contributed by atoms with Crippen molar-refractivity contribution in [1.29, 1.82) is 0 Å². The van der Waals surface area contributed by atoms with Crippen molar-refractivity contribution < 1.29 is 19.6 Å². The second-order valence-corrected chi connectivity index (χ2v) is 3.32. The van der Waals surface area contributed by atoms with Gasteiger partial charge >= 0.3 is 17.1 Å². The summed E-state index contributed by atoms with van der Waals surface area (Å²) >= 11 is 0. The van der Waals surface area contributed by atoms with Gasteiger partial charge < -0.3 is 5.32 Å². The molecule has 1 amide bonds. The van der Waals surface area contributed by atoms with Gasteiger partial charge in [0.05, 0.1) is 20.5 Å². The lowest BCUT2D eigenvalue weighted by molar-refractivity contribution is -0.440. The molecule has 0 fully saturated rings. The maximum absolute atomic E-state index is 10.8. The highest BCUT2D eigenvalue weighted by atomic mass is 16.6. The van der Waals surface area contributed by atoms with Crippen LogP contribution in [0.5, 0.6) is 0 Å². The Morgan fingerprint density at radius 3 is 1.68 bits per heavy atom. The van der Waals surface area contributed by atoms with Crippen LogP contribution in [0.3, 0.4) is 0 Å². The average molecular weight is 270 g/mol. The Morgan fingerprint density at radius 1 is 1.00 bits per heavy atom. The monoisotopic (exact) mass is 270 g/mol. The molecule has 0 atom stereocenters. The van der Waals surface area contributed by atoms with Gasteiger partial charge in [-0.05, 0) is 0 Å². The summed E-state index contributed by atoms with van der Waals surface area (Å²) in [5.41, 5.74) is -3.63. The van der Waals surface area contributed by atoms with Crippen molar-refractivity contribution in [2.75, 3.05) is 5.32 Å². The number of hydrogen-bond acceptors (Lipinski definition) is 7. The fourth-order valence-corrected chi connectivity index (χ4v) is 1.35. The van der Waals surface area contributed by atoms with Crippen LogP contribution in [0, 0.1) is 30.3 Å². The highest BCUT2D eigenvalue weighted by Gasteiger charge is 2.36. The largest absolute Gasteiger partial charge is 0.422 e. The number of anilines is 1. The zero-order chi connectivity index (χ0) is 14.7. The molecule has 11 heteroatoms. The number of nitro groups is 3. The van der Waals surface area contributed by atoms with Crippen LogP contribution in [-0.2, 0) is 4.79 Å². The molecule has 0 heterocycles. The van der Waals surface area contributed by atoms with E-state index in [9.17, 15) is 35.1 Å². The van der Waals surface area contributed by atoms with Crippen LogP contribution in [0.4, 0.5) is 22.7 Å². The Labute approximate surface area is 104 Å². The zero-order valence-electron chi connectivity index (χ0n) is 9.35. The van der Waals surface area contributed by atoms with E-state index in [2.05, 4.69) is 5.32 Å². The fraction of sp³-hybridized carbons (Fsp3) is 0.125. The number of nitro benzene ring substituents is 3. The predicted octanol–water partition coefficient (Wildman–Crippen LogP) is 1.37. The van der Waals surface area contributed by atoms with Crippen molar-refractivity contribution in [3.05, 3.63) is 42.5 Å². The summed E-state index contributed by atoms with van der Waals surface area (Å²) in [7, 11) is 0. The van der Waals surface area contributed by atoms with E-state index in [4.69, 9.17) is 0 Å². The van der Waals surface area contributed by atoms with Crippen LogP contribution >= 0.6 is 0 Å². The second kappa shape index (κ2) is 5.03. The number of carbonyl (C=O) groups excluding carboxylic acids is 1. The summed E-state index contributed by atoms with van der Waals surface area (Å²) < 4.78 is 0. The first-order valence-corrected chi connectivity index (χ1v) is 4.63. The number of carbonyl (C=O) groups is 1. The van der Waals surface area contributed by atoms with Gasteiger partial charge in [0, 0.05) is 19.1 Å². The topological polar surface area (TPSA) is 159 Å². The molecule has 0 aliphatic heterocycles. The first-order chi connectivity index (χ1) is 8.73. The average Bonchev–Trinajstić information content (AvgIpc) is 2.26. The molecule has 0 aromatic heterocycles. The molecule has 0 saturated carbocycles. The SMILES string of the molecule is CC(=O)Nc1cc([N+](=O)[O-])c([N+](=O)[O-])c([N+](=O)[O-])c1. The normalized spacial score (nSPS) is 9.74. The molecule has 100 valence electrons. The minimum atomic E-state index is -1.23. The van der Waals surface area contributed by atoms with E-state index in [1.165, 1.54) is 0 Å². The summed E-state index contributed by atoms with van der Waals surface area (Å²) in [5, 5.41) is 34.2. The number of hydrogen-bond donors (Lipinski definition) is 1. The predicted molar refractivity (Wildman–Crippen MR) is 60.7 cm³/mol.